The van der Waals surface area contributed by atoms with Gasteiger partial charge in [0, 0.05) is 11.8 Å². The quantitative estimate of drug-likeness (QED) is 0.725. The maximum Gasteiger partial charge on any atom is 0.322 e. The predicted molar refractivity (Wildman–Crippen MR) is 97.2 cm³/mol. The smallest absolute Gasteiger partial charge is 0.322 e. The number of rotatable bonds is 4. The van der Waals surface area contributed by atoms with E-state index in [-0.39, 0.29) is 30.9 Å². The largest absolute Gasteiger partial charge is 0.349 e. The maximum absolute atomic E-state index is 14.0. The number of aromatic nitrogens is 2. The first-order valence-corrected chi connectivity index (χ1v) is 8.51. The highest BCUT2D eigenvalue weighted by Gasteiger charge is 2.27. The summed E-state index contributed by atoms with van der Waals surface area (Å²) >= 11 is 0. The number of hydrogen-bond acceptors (Lipinski definition) is 4. The van der Waals surface area contributed by atoms with E-state index in [0.717, 1.165) is 16.5 Å². The molecule has 0 spiro atoms. The SMILES string of the molecule is O=C(CN1Cc2c(ccc(F)c2F)NC1=O)NCc1ccc2ncccc2n1. The molecule has 2 N–H and O–H groups in total. The molecule has 0 fully saturated rings. The van der Waals surface area contributed by atoms with E-state index in [0.29, 0.717) is 11.2 Å². The molecule has 7 nitrogen and oxygen atoms in total. The van der Waals surface area contributed by atoms with Crippen LogP contribution in [0.4, 0.5) is 19.3 Å². The van der Waals surface area contributed by atoms with Gasteiger partial charge in [-0.05, 0) is 36.4 Å². The van der Waals surface area contributed by atoms with Gasteiger partial charge in [-0.25, -0.2) is 18.6 Å². The molecule has 3 aromatic rings. The number of amides is 3. The first-order valence-electron chi connectivity index (χ1n) is 8.51. The standard InChI is InChI=1S/C19H15F2N5O2/c20-13-4-6-14-12(18(13)21)9-26(19(28)25-14)10-17(27)23-8-11-3-5-15-16(24-11)2-1-7-22-15/h1-7H,8-10H2,(H,23,27)(H,25,28). The number of urea groups is 1. The van der Waals surface area contributed by atoms with Crippen molar-refractivity contribution < 1.29 is 18.4 Å². The Morgan fingerprint density at radius 2 is 2.04 bits per heavy atom. The molecule has 0 unspecified atom stereocenters. The molecule has 0 saturated carbocycles. The number of carbonyl (C=O) groups is 2. The predicted octanol–water partition coefficient (Wildman–Crippen LogP) is 2.57. The summed E-state index contributed by atoms with van der Waals surface area (Å²) in [6, 6.07) is 8.83. The number of halogens is 2. The Balaban J connectivity index is 1.40. The minimum Gasteiger partial charge on any atom is -0.349 e. The molecule has 0 bridgehead atoms. The number of hydrogen-bond donors (Lipinski definition) is 2. The lowest BCUT2D eigenvalue weighted by atomic mass is 10.1. The van der Waals surface area contributed by atoms with Crippen LogP contribution in [0.15, 0.2) is 42.6 Å². The van der Waals surface area contributed by atoms with Crippen LogP contribution in [0.3, 0.4) is 0 Å². The van der Waals surface area contributed by atoms with Crippen molar-refractivity contribution in [2.45, 2.75) is 13.1 Å². The Kier molecular flexibility index (Phi) is 4.56. The maximum atomic E-state index is 14.0. The highest BCUT2D eigenvalue weighted by atomic mass is 19.2. The van der Waals surface area contributed by atoms with Crippen molar-refractivity contribution in [1.29, 1.82) is 0 Å². The Morgan fingerprint density at radius 1 is 1.18 bits per heavy atom. The number of carbonyl (C=O) groups excluding carboxylic acids is 2. The first-order chi connectivity index (χ1) is 13.5. The average molecular weight is 383 g/mol. The lowest BCUT2D eigenvalue weighted by molar-refractivity contribution is -0.121. The number of benzene rings is 1. The molecule has 28 heavy (non-hydrogen) atoms. The highest BCUT2D eigenvalue weighted by Crippen LogP contribution is 2.27. The van der Waals surface area contributed by atoms with Gasteiger partial charge >= 0.3 is 6.03 Å². The van der Waals surface area contributed by atoms with Crippen molar-refractivity contribution in [3.63, 3.8) is 0 Å². The summed E-state index contributed by atoms with van der Waals surface area (Å²) in [5.41, 5.74) is 2.30. The van der Waals surface area contributed by atoms with E-state index >= 15 is 0 Å². The first kappa shape index (κ1) is 17.8. The zero-order valence-corrected chi connectivity index (χ0v) is 14.6. The van der Waals surface area contributed by atoms with Gasteiger partial charge in [-0.3, -0.25) is 9.78 Å². The Hall–Kier alpha value is -3.62. The lowest BCUT2D eigenvalue weighted by Gasteiger charge is -2.29. The van der Waals surface area contributed by atoms with E-state index in [1.165, 1.54) is 6.07 Å². The summed E-state index contributed by atoms with van der Waals surface area (Å²) in [5.74, 6) is -2.48. The van der Waals surface area contributed by atoms with Gasteiger partial charge in [-0.15, -0.1) is 0 Å². The number of anilines is 1. The molecule has 9 heteroatoms. The summed E-state index contributed by atoms with van der Waals surface area (Å²) in [4.78, 5) is 34.0. The average Bonchev–Trinajstić information content (AvgIpc) is 2.70. The molecule has 0 saturated heterocycles. The van der Waals surface area contributed by atoms with E-state index in [1.54, 1.807) is 24.4 Å². The molecule has 142 valence electrons. The third kappa shape index (κ3) is 3.46. The third-order valence-corrected chi connectivity index (χ3v) is 4.39. The van der Waals surface area contributed by atoms with Crippen LogP contribution >= 0.6 is 0 Å². The zero-order valence-electron chi connectivity index (χ0n) is 14.6. The van der Waals surface area contributed by atoms with E-state index in [1.807, 2.05) is 6.07 Å². The Bertz CT molecular complexity index is 1090. The molecule has 0 radical (unpaired) electrons. The van der Waals surface area contributed by atoms with Crippen molar-refractivity contribution >= 4 is 28.7 Å². The molecule has 1 aliphatic rings. The van der Waals surface area contributed by atoms with Crippen LogP contribution < -0.4 is 10.6 Å². The van der Waals surface area contributed by atoms with Crippen LogP contribution in [-0.4, -0.2) is 33.4 Å². The summed E-state index contributed by atoms with van der Waals surface area (Å²) in [7, 11) is 0. The van der Waals surface area contributed by atoms with Crippen molar-refractivity contribution in [3.05, 3.63) is 65.5 Å². The fraction of sp³-hybridized carbons (Fsp3) is 0.158. The monoisotopic (exact) mass is 383 g/mol. The third-order valence-electron chi connectivity index (χ3n) is 4.39. The molecule has 3 amide bonds. The second kappa shape index (κ2) is 7.18. The normalized spacial score (nSPS) is 13.2. The molecule has 0 atom stereocenters. The van der Waals surface area contributed by atoms with Gasteiger partial charge in [-0.1, -0.05) is 0 Å². The Labute approximate surface area is 158 Å². The molecule has 1 aliphatic heterocycles. The molecule has 0 aliphatic carbocycles. The van der Waals surface area contributed by atoms with E-state index in [2.05, 4.69) is 20.6 Å². The zero-order chi connectivity index (χ0) is 19.7. The second-order valence-corrected chi connectivity index (χ2v) is 6.29. The van der Waals surface area contributed by atoms with Gasteiger partial charge < -0.3 is 15.5 Å². The van der Waals surface area contributed by atoms with Gasteiger partial charge in [0.1, 0.15) is 6.54 Å². The molecule has 3 heterocycles. The minimum atomic E-state index is -1.03. The van der Waals surface area contributed by atoms with E-state index < -0.39 is 23.6 Å². The van der Waals surface area contributed by atoms with Crippen LogP contribution in [0.5, 0.6) is 0 Å². The van der Waals surface area contributed by atoms with Crippen molar-refractivity contribution in [2.75, 3.05) is 11.9 Å². The summed E-state index contributed by atoms with van der Waals surface area (Å²) in [6.45, 7) is -0.326. The van der Waals surface area contributed by atoms with Gasteiger partial charge in [0.2, 0.25) is 5.91 Å². The summed E-state index contributed by atoms with van der Waals surface area (Å²) in [6.07, 6.45) is 1.67. The van der Waals surface area contributed by atoms with Crippen LogP contribution in [0.25, 0.3) is 11.0 Å². The van der Waals surface area contributed by atoms with Gasteiger partial charge in [0.05, 0.1) is 35.5 Å². The van der Waals surface area contributed by atoms with Crippen LogP contribution in [0.1, 0.15) is 11.3 Å². The summed E-state index contributed by atoms with van der Waals surface area (Å²) in [5, 5.41) is 5.13. The molecule has 4 rings (SSSR count). The van der Waals surface area contributed by atoms with Crippen LogP contribution in [0, 0.1) is 11.6 Å². The molecular weight excluding hydrogens is 368 g/mol. The molecule has 2 aromatic heterocycles. The molecule has 1 aromatic carbocycles. The van der Waals surface area contributed by atoms with Gasteiger partial charge in [0.25, 0.3) is 0 Å². The van der Waals surface area contributed by atoms with Crippen molar-refractivity contribution in [2.24, 2.45) is 0 Å². The number of nitrogens with one attached hydrogen (secondary N) is 2. The van der Waals surface area contributed by atoms with Crippen LogP contribution in [0.2, 0.25) is 0 Å². The van der Waals surface area contributed by atoms with Gasteiger partial charge in [-0.2, -0.15) is 0 Å². The second-order valence-electron chi connectivity index (χ2n) is 6.29. The van der Waals surface area contributed by atoms with Crippen molar-refractivity contribution in [1.82, 2.24) is 20.2 Å². The topological polar surface area (TPSA) is 87.2 Å². The highest BCUT2D eigenvalue weighted by molar-refractivity contribution is 5.94. The fourth-order valence-corrected chi connectivity index (χ4v) is 2.96. The van der Waals surface area contributed by atoms with Crippen molar-refractivity contribution in [3.8, 4) is 0 Å². The number of pyridine rings is 2. The summed E-state index contributed by atoms with van der Waals surface area (Å²) < 4.78 is 27.4. The van der Waals surface area contributed by atoms with Crippen LogP contribution in [-0.2, 0) is 17.9 Å². The fourth-order valence-electron chi connectivity index (χ4n) is 2.96. The van der Waals surface area contributed by atoms with E-state index in [9.17, 15) is 18.4 Å². The van der Waals surface area contributed by atoms with Gasteiger partial charge in [0.15, 0.2) is 11.6 Å². The number of fused-ring (bicyclic) bond motifs is 2. The Morgan fingerprint density at radius 3 is 2.89 bits per heavy atom. The molecular formula is C19H15F2N5O2. The van der Waals surface area contributed by atoms with E-state index in [4.69, 9.17) is 0 Å². The lowest BCUT2D eigenvalue weighted by Crippen LogP contribution is -2.45. The minimum absolute atomic E-state index is 0.0103. The number of nitrogens with zero attached hydrogens (tertiary/aromatic N) is 3.